The SMILES string of the molecule is c1ccc(-c2ccc3c(-c4cccc5oc6c(-c7nc(-c8ccccc8)nc(-c8cccc9sc%10cccc(-c%11cccc%12cc(-c%13ccccc%13)ccc%11%12)c%10c89)n7)cccc6c45)cccc3c2)cc1. The molecule has 0 saturated carbocycles. The van der Waals surface area contributed by atoms with Crippen LogP contribution in [0.25, 0.3) is 142 Å². The molecule has 0 aliphatic carbocycles. The molecule has 326 valence electrons. The number of hydrogen-bond acceptors (Lipinski definition) is 5. The summed E-state index contributed by atoms with van der Waals surface area (Å²) >= 11 is 1.80. The zero-order valence-corrected chi connectivity index (χ0v) is 38.5. The van der Waals surface area contributed by atoms with Crippen molar-refractivity contribution in [2.24, 2.45) is 0 Å². The monoisotopic (exact) mass is 909 g/mol. The van der Waals surface area contributed by atoms with Crippen LogP contribution in [0.5, 0.6) is 0 Å². The molecule has 14 aromatic rings. The van der Waals surface area contributed by atoms with Gasteiger partial charge in [0.2, 0.25) is 0 Å². The highest BCUT2D eigenvalue weighted by molar-refractivity contribution is 7.26. The average Bonchev–Trinajstić information content (AvgIpc) is 4.02. The molecule has 0 saturated heterocycles. The summed E-state index contributed by atoms with van der Waals surface area (Å²) in [4.78, 5) is 16.0. The van der Waals surface area contributed by atoms with E-state index in [1.807, 2.05) is 18.2 Å². The third-order valence-corrected chi connectivity index (χ3v) is 14.9. The van der Waals surface area contributed by atoms with E-state index in [1.54, 1.807) is 11.3 Å². The van der Waals surface area contributed by atoms with E-state index < -0.39 is 0 Å². The van der Waals surface area contributed by atoms with Gasteiger partial charge in [-0.3, -0.25) is 0 Å². The fraction of sp³-hybridized carbons (Fsp3) is 0. The molecular weight excluding hydrogens is 871 g/mol. The fourth-order valence-corrected chi connectivity index (χ4v) is 11.7. The van der Waals surface area contributed by atoms with Crippen molar-refractivity contribution < 1.29 is 4.42 Å². The van der Waals surface area contributed by atoms with E-state index in [0.717, 1.165) is 55.1 Å². The molecular formula is C65H39N3OS. The Labute approximate surface area is 407 Å². The lowest BCUT2D eigenvalue weighted by Gasteiger charge is -2.12. The quantitative estimate of drug-likeness (QED) is 0.160. The third kappa shape index (κ3) is 6.62. The first-order valence-electron chi connectivity index (χ1n) is 23.6. The molecule has 0 amide bonds. The van der Waals surface area contributed by atoms with Crippen LogP contribution < -0.4 is 0 Å². The zero-order valence-electron chi connectivity index (χ0n) is 37.7. The summed E-state index contributed by atoms with van der Waals surface area (Å²) in [6, 6.07) is 84.0. The van der Waals surface area contributed by atoms with Crippen LogP contribution in [-0.2, 0) is 0 Å². The van der Waals surface area contributed by atoms with E-state index in [2.05, 4.69) is 218 Å². The van der Waals surface area contributed by atoms with Gasteiger partial charge in [0.15, 0.2) is 17.5 Å². The summed E-state index contributed by atoms with van der Waals surface area (Å²) < 4.78 is 9.31. The Bertz CT molecular complexity index is 4350. The molecule has 0 fully saturated rings. The van der Waals surface area contributed by atoms with Crippen LogP contribution in [0.3, 0.4) is 0 Å². The molecule has 0 radical (unpaired) electrons. The molecule has 0 N–H and O–H groups in total. The Hall–Kier alpha value is -9.03. The third-order valence-electron chi connectivity index (χ3n) is 13.7. The van der Waals surface area contributed by atoms with Gasteiger partial charge >= 0.3 is 0 Å². The Kier molecular flexibility index (Phi) is 9.36. The van der Waals surface area contributed by atoms with Gasteiger partial charge < -0.3 is 4.42 Å². The molecule has 70 heavy (non-hydrogen) atoms. The van der Waals surface area contributed by atoms with Crippen LogP contribution in [0.4, 0.5) is 0 Å². The Balaban J connectivity index is 0.951. The van der Waals surface area contributed by atoms with Gasteiger partial charge in [0.25, 0.3) is 0 Å². The van der Waals surface area contributed by atoms with Crippen LogP contribution in [0.2, 0.25) is 0 Å². The van der Waals surface area contributed by atoms with E-state index in [-0.39, 0.29) is 0 Å². The maximum absolute atomic E-state index is 6.93. The highest BCUT2D eigenvalue weighted by Crippen LogP contribution is 2.47. The highest BCUT2D eigenvalue weighted by Gasteiger charge is 2.23. The second-order valence-electron chi connectivity index (χ2n) is 17.8. The number of aromatic nitrogens is 3. The molecule has 4 nitrogen and oxygen atoms in total. The molecule has 0 unspecified atom stereocenters. The molecule has 11 aromatic carbocycles. The van der Waals surface area contributed by atoms with E-state index in [9.17, 15) is 0 Å². The van der Waals surface area contributed by atoms with Gasteiger partial charge in [0.1, 0.15) is 11.2 Å². The van der Waals surface area contributed by atoms with Crippen molar-refractivity contribution in [1.29, 1.82) is 0 Å². The number of rotatable bonds is 7. The largest absolute Gasteiger partial charge is 0.455 e. The van der Waals surface area contributed by atoms with Crippen LogP contribution in [0, 0.1) is 0 Å². The molecule has 0 aliphatic heterocycles. The molecule has 5 heteroatoms. The van der Waals surface area contributed by atoms with Crippen molar-refractivity contribution in [1.82, 2.24) is 15.0 Å². The molecule has 0 spiro atoms. The molecule has 0 aliphatic rings. The van der Waals surface area contributed by atoms with Crippen molar-refractivity contribution in [2.45, 2.75) is 0 Å². The van der Waals surface area contributed by atoms with E-state index in [1.165, 1.54) is 69.7 Å². The van der Waals surface area contributed by atoms with Gasteiger partial charge in [-0.25, -0.2) is 15.0 Å². The van der Waals surface area contributed by atoms with E-state index in [0.29, 0.717) is 17.5 Å². The lowest BCUT2D eigenvalue weighted by molar-refractivity contribution is 0.669. The predicted molar refractivity (Wildman–Crippen MR) is 293 cm³/mol. The Morgan fingerprint density at radius 3 is 1.36 bits per heavy atom. The lowest BCUT2D eigenvalue weighted by atomic mass is 9.92. The fourth-order valence-electron chi connectivity index (χ4n) is 10.5. The zero-order chi connectivity index (χ0) is 46.1. The number of benzene rings is 11. The van der Waals surface area contributed by atoms with Crippen LogP contribution in [0.15, 0.2) is 241 Å². The van der Waals surface area contributed by atoms with Crippen LogP contribution in [-0.4, -0.2) is 15.0 Å². The number of thiophene rings is 1. The Morgan fingerprint density at radius 2 is 0.743 bits per heavy atom. The van der Waals surface area contributed by atoms with Gasteiger partial charge in [-0.2, -0.15) is 0 Å². The van der Waals surface area contributed by atoms with Crippen molar-refractivity contribution in [2.75, 3.05) is 0 Å². The normalized spacial score (nSPS) is 11.7. The van der Waals surface area contributed by atoms with Crippen molar-refractivity contribution in [3.8, 4) is 78.7 Å². The summed E-state index contributed by atoms with van der Waals surface area (Å²) in [6.07, 6.45) is 0. The maximum Gasteiger partial charge on any atom is 0.167 e. The second-order valence-corrected chi connectivity index (χ2v) is 18.9. The predicted octanol–water partition coefficient (Wildman–Crippen LogP) is 18.1. The standard InChI is InChI=1S/C65H39N3OS/c1-4-16-40(17-5-1)43-34-36-47-45(38-43)22-10-24-49(47)51-26-13-31-56-59(51)53-28-12-30-55(62(53)69-56)65-67-63(42-20-8-3-9-21-42)66-64(68-65)54-29-15-33-58-61(54)60-52(27-14-32-57(60)70-58)50-25-11-23-46-39-44(35-37-48(46)50)41-18-6-2-7-19-41/h1-39H. The molecule has 3 aromatic heterocycles. The average molecular weight is 910 g/mol. The van der Waals surface area contributed by atoms with Gasteiger partial charge in [0, 0.05) is 42.1 Å². The van der Waals surface area contributed by atoms with Crippen LogP contribution in [0.1, 0.15) is 0 Å². The molecule has 0 bridgehead atoms. The van der Waals surface area contributed by atoms with Gasteiger partial charge in [-0.1, -0.05) is 200 Å². The van der Waals surface area contributed by atoms with Crippen molar-refractivity contribution in [3.63, 3.8) is 0 Å². The Morgan fingerprint density at radius 1 is 0.286 bits per heavy atom. The summed E-state index contributed by atoms with van der Waals surface area (Å²) in [5.74, 6) is 1.75. The number of nitrogens with zero attached hydrogens (tertiary/aromatic N) is 3. The molecule has 3 heterocycles. The number of fused-ring (bicyclic) bond motifs is 8. The summed E-state index contributed by atoms with van der Waals surface area (Å²) in [5.41, 5.74) is 13.6. The first-order chi connectivity index (χ1) is 34.7. The van der Waals surface area contributed by atoms with E-state index in [4.69, 9.17) is 19.4 Å². The first kappa shape index (κ1) is 40.1. The maximum atomic E-state index is 6.93. The minimum Gasteiger partial charge on any atom is -0.455 e. The van der Waals surface area contributed by atoms with Crippen LogP contribution >= 0.6 is 11.3 Å². The van der Waals surface area contributed by atoms with Gasteiger partial charge in [-0.15, -0.1) is 11.3 Å². The summed E-state index contributed by atoms with van der Waals surface area (Å²) in [7, 11) is 0. The van der Waals surface area contributed by atoms with Gasteiger partial charge in [0.05, 0.1) is 5.56 Å². The summed E-state index contributed by atoms with van der Waals surface area (Å²) in [5, 5.41) is 9.17. The van der Waals surface area contributed by atoms with Crippen molar-refractivity contribution in [3.05, 3.63) is 237 Å². The molecule has 14 rings (SSSR count). The van der Waals surface area contributed by atoms with Crippen molar-refractivity contribution >= 4 is 75.0 Å². The minimum absolute atomic E-state index is 0.550. The first-order valence-corrected chi connectivity index (χ1v) is 24.4. The molecule has 0 atom stereocenters. The lowest BCUT2D eigenvalue weighted by Crippen LogP contribution is -2.00. The smallest absolute Gasteiger partial charge is 0.167 e. The number of para-hydroxylation sites is 1. The summed E-state index contributed by atoms with van der Waals surface area (Å²) in [6.45, 7) is 0. The van der Waals surface area contributed by atoms with E-state index >= 15 is 0 Å². The minimum atomic E-state index is 0.550. The number of hydrogen-bond donors (Lipinski definition) is 0. The highest BCUT2D eigenvalue weighted by atomic mass is 32.1. The van der Waals surface area contributed by atoms with Gasteiger partial charge in [-0.05, 0) is 102 Å². The second kappa shape index (κ2) is 16.3. The topological polar surface area (TPSA) is 51.8 Å². The number of furan rings is 1.